The highest BCUT2D eigenvalue weighted by Gasteiger charge is 2.29. The van der Waals surface area contributed by atoms with Gasteiger partial charge in [0.15, 0.2) is 0 Å². The van der Waals surface area contributed by atoms with Crippen molar-refractivity contribution in [2.75, 3.05) is 25.0 Å². The topological polar surface area (TPSA) is 71.5 Å². The fraction of sp³-hybridized carbons (Fsp3) is 0.533. The number of aryl methyl sites for hydroxylation is 1. The number of amides is 2. The van der Waals surface area contributed by atoms with Gasteiger partial charge in [-0.25, -0.2) is 9.78 Å². The summed E-state index contributed by atoms with van der Waals surface area (Å²) in [6, 6.07) is 3.70. The molecule has 6 heteroatoms. The maximum absolute atomic E-state index is 12.3. The van der Waals surface area contributed by atoms with E-state index < -0.39 is 0 Å². The molecule has 1 saturated heterocycles. The average molecular weight is 291 g/mol. The van der Waals surface area contributed by atoms with Crippen molar-refractivity contribution in [2.45, 2.75) is 26.7 Å². The number of piperidine rings is 1. The summed E-state index contributed by atoms with van der Waals surface area (Å²) in [5, 5.41) is 2.82. The number of hydrogen-bond acceptors (Lipinski definition) is 4. The molecule has 2 heterocycles. The number of nitrogens with one attached hydrogen (secondary N) is 1. The minimum Gasteiger partial charge on any atom is -0.450 e. The number of nitrogens with zero attached hydrogens (tertiary/aromatic N) is 2. The number of carbonyl (C=O) groups is 2. The number of pyridine rings is 1. The van der Waals surface area contributed by atoms with Gasteiger partial charge in [-0.05, 0) is 44.4 Å². The van der Waals surface area contributed by atoms with Gasteiger partial charge in [0.1, 0.15) is 5.82 Å². The normalized spacial score (nSPS) is 18.2. The summed E-state index contributed by atoms with van der Waals surface area (Å²) in [5.74, 6) is 0.237. The highest BCUT2D eigenvalue weighted by atomic mass is 16.6. The summed E-state index contributed by atoms with van der Waals surface area (Å²) in [7, 11) is 0. The summed E-state index contributed by atoms with van der Waals surface area (Å²) in [4.78, 5) is 29.7. The lowest BCUT2D eigenvalue weighted by Gasteiger charge is -2.31. The second kappa shape index (κ2) is 7.06. The van der Waals surface area contributed by atoms with Crippen LogP contribution in [-0.4, -0.2) is 41.6 Å². The summed E-state index contributed by atoms with van der Waals surface area (Å²) in [6.45, 7) is 5.11. The summed E-state index contributed by atoms with van der Waals surface area (Å²) in [5.41, 5.74) is 1.04. The van der Waals surface area contributed by atoms with Gasteiger partial charge in [-0.2, -0.15) is 0 Å². The molecule has 114 valence electrons. The minimum atomic E-state index is -0.344. The second-order valence-corrected chi connectivity index (χ2v) is 5.19. The van der Waals surface area contributed by atoms with Crippen LogP contribution in [0.1, 0.15) is 25.3 Å². The van der Waals surface area contributed by atoms with E-state index in [1.54, 1.807) is 18.0 Å². The number of rotatable bonds is 3. The van der Waals surface area contributed by atoms with E-state index in [-0.39, 0.29) is 17.9 Å². The van der Waals surface area contributed by atoms with Crippen molar-refractivity contribution in [3.8, 4) is 0 Å². The van der Waals surface area contributed by atoms with E-state index >= 15 is 0 Å². The van der Waals surface area contributed by atoms with Gasteiger partial charge < -0.3 is 15.0 Å². The third-order valence-corrected chi connectivity index (χ3v) is 3.48. The van der Waals surface area contributed by atoms with E-state index in [4.69, 9.17) is 4.74 Å². The Hall–Kier alpha value is -2.11. The zero-order chi connectivity index (χ0) is 15.2. The predicted octanol–water partition coefficient (Wildman–Crippen LogP) is 2.20. The lowest BCUT2D eigenvalue weighted by atomic mass is 9.97. The minimum absolute atomic E-state index is 0.0953. The zero-order valence-electron chi connectivity index (χ0n) is 12.5. The Kier molecular flexibility index (Phi) is 5.14. The number of anilines is 1. The van der Waals surface area contributed by atoms with Crippen molar-refractivity contribution >= 4 is 17.8 Å². The molecule has 6 nitrogen and oxygen atoms in total. The van der Waals surface area contributed by atoms with Crippen LogP contribution in [-0.2, 0) is 9.53 Å². The molecular formula is C15H21N3O3. The maximum Gasteiger partial charge on any atom is 0.409 e. The Bertz CT molecular complexity index is 519. The molecule has 0 radical (unpaired) electrons. The van der Waals surface area contributed by atoms with E-state index in [0.717, 1.165) is 18.4 Å². The standard InChI is InChI=1S/C15H21N3O3/c1-3-21-15(20)18-8-4-5-12(10-18)14(19)17-13-9-11(2)6-7-16-13/h6-7,9,12H,3-5,8,10H2,1-2H3,(H,16,17,19)/t12-/m1/s1. The Morgan fingerprint density at radius 2 is 2.33 bits per heavy atom. The van der Waals surface area contributed by atoms with Gasteiger partial charge in [0.05, 0.1) is 12.5 Å². The lowest BCUT2D eigenvalue weighted by molar-refractivity contribution is -0.121. The van der Waals surface area contributed by atoms with Gasteiger partial charge in [0.25, 0.3) is 0 Å². The van der Waals surface area contributed by atoms with Crippen molar-refractivity contribution in [3.05, 3.63) is 23.9 Å². The van der Waals surface area contributed by atoms with Crippen LogP contribution in [0.4, 0.5) is 10.6 Å². The van der Waals surface area contributed by atoms with Crippen molar-refractivity contribution in [3.63, 3.8) is 0 Å². The van der Waals surface area contributed by atoms with Crippen LogP contribution in [0, 0.1) is 12.8 Å². The van der Waals surface area contributed by atoms with Crippen molar-refractivity contribution in [2.24, 2.45) is 5.92 Å². The Morgan fingerprint density at radius 1 is 1.52 bits per heavy atom. The summed E-state index contributed by atoms with van der Waals surface area (Å²) in [6.07, 6.45) is 2.89. The molecule has 1 aliphatic rings. The Morgan fingerprint density at radius 3 is 3.05 bits per heavy atom. The molecule has 0 unspecified atom stereocenters. The molecule has 2 rings (SSSR count). The van der Waals surface area contributed by atoms with Crippen LogP contribution in [0.15, 0.2) is 18.3 Å². The Balaban J connectivity index is 1.94. The van der Waals surface area contributed by atoms with Crippen LogP contribution < -0.4 is 5.32 Å². The second-order valence-electron chi connectivity index (χ2n) is 5.19. The lowest BCUT2D eigenvalue weighted by Crippen LogP contribution is -2.44. The van der Waals surface area contributed by atoms with Crippen LogP contribution in [0.2, 0.25) is 0 Å². The molecule has 0 spiro atoms. The summed E-state index contributed by atoms with van der Waals surface area (Å²) >= 11 is 0. The highest BCUT2D eigenvalue weighted by molar-refractivity contribution is 5.92. The van der Waals surface area contributed by atoms with Gasteiger partial charge in [-0.3, -0.25) is 4.79 Å². The van der Waals surface area contributed by atoms with Gasteiger partial charge in [-0.1, -0.05) is 0 Å². The molecule has 21 heavy (non-hydrogen) atoms. The molecule has 0 bridgehead atoms. The smallest absolute Gasteiger partial charge is 0.409 e. The summed E-state index contributed by atoms with van der Waals surface area (Å²) < 4.78 is 4.99. The average Bonchev–Trinajstić information content (AvgIpc) is 2.47. The molecule has 1 atom stereocenters. The van der Waals surface area contributed by atoms with Crippen LogP contribution in [0.25, 0.3) is 0 Å². The first-order valence-electron chi connectivity index (χ1n) is 7.25. The molecule has 1 aromatic heterocycles. The molecule has 1 aliphatic heterocycles. The number of carbonyl (C=O) groups excluding carboxylic acids is 2. The van der Waals surface area contributed by atoms with Gasteiger partial charge in [0, 0.05) is 19.3 Å². The van der Waals surface area contributed by atoms with E-state index in [1.165, 1.54) is 0 Å². The van der Waals surface area contributed by atoms with Gasteiger partial charge in [0.2, 0.25) is 5.91 Å². The molecule has 0 aliphatic carbocycles. The Labute approximate surface area is 124 Å². The first kappa shape index (κ1) is 15.3. The first-order valence-corrected chi connectivity index (χ1v) is 7.25. The third-order valence-electron chi connectivity index (χ3n) is 3.48. The van der Waals surface area contributed by atoms with Gasteiger partial charge in [-0.15, -0.1) is 0 Å². The van der Waals surface area contributed by atoms with Gasteiger partial charge >= 0.3 is 6.09 Å². The van der Waals surface area contributed by atoms with E-state index in [9.17, 15) is 9.59 Å². The molecule has 1 N–H and O–H groups in total. The van der Waals surface area contributed by atoms with E-state index in [1.807, 2.05) is 19.1 Å². The number of hydrogen-bond donors (Lipinski definition) is 1. The molecular weight excluding hydrogens is 270 g/mol. The quantitative estimate of drug-likeness (QED) is 0.926. The first-order chi connectivity index (χ1) is 10.1. The molecule has 2 amide bonds. The fourth-order valence-corrected chi connectivity index (χ4v) is 2.40. The zero-order valence-corrected chi connectivity index (χ0v) is 12.5. The van der Waals surface area contributed by atoms with Crippen LogP contribution in [0.5, 0.6) is 0 Å². The molecule has 1 fully saturated rings. The monoisotopic (exact) mass is 291 g/mol. The van der Waals surface area contributed by atoms with E-state index in [0.29, 0.717) is 25.5 Å². The number of ether oxygens (including phenoxy) is 1. The third kappa shape index (κ3) is 4.18. The van der Waals surface area contributed by atoms with Crippen molar-refractivity contribution in [1.29, 1.82) is 0 Å². The fourth-order valence-electron chi connectivity index (χ4n) is 2.40. The van der Waals surface area contributed by atoms with Crippen LogP contribution >= 0.6 is 0 Å². The van der Waals surface area contributed by atoms with Crippen molar-refractivity contribution < 1.29 is 14.3 Å². The van der Waals surface area contributed by atoms with E-state index in [2.05, 4.69) is 10.3 Å². The number of aromatic nitrogens is 1. The maximum atomic E-state index is 12.3. The van der Waals surface area contributed by atoms with Crippen molar-refractivity contribution in [1.82, 2.24) is 9.88 Å². The molecule has 0 saturated carbocycles. The SMILES string of the molecule is CCOC(=O)N1CCC[C@@H](C(=O)Nc2cc(C)ccn2)C1. The highest BCUT2D eigenvalue weighted by Crippen LogP contribution is 2.19. The predicted molar refractivity (Wildman–Crippen MR) is 78.9 cm³/mol. The number of likely N-dealkylation sites (tertiary alicyclic amines) is 1. The van der Waals surface area contributed by atoms with Crippen LogP contribution in [0.3, 0.4) is 0 Å². The largest absolute Gasteiger partial charge is 0.450 e. The molecule has 0 aromatic carbocycles. The molecule has 1 aromatic rings.